The molecule has 0 atom stereocenters. The van der Waals surface area contributed by atoms with E-state index in [4.69, 9.17) is 4.98 Å². The Kier molecular flexibility index (Phi) is 5.44. The molecule has 2 aliphatic heterocycles. The molecule has 1 aromatic rings. The van der Waals surface area contributed by atoms with Crippen molar-refractivity contribution in [2.45, 2.75) is 39.0 Å². The molecule has 0 radical (unpaired) electrons. The van der Waals surface area contributed by atoms with Gasteiger partial charge in [0, 0.05) is 38.4 Å². The topological polar surface area (TPSA) is 31.4 Å². The zero-order valence-corrected chi connectivity index (χ0v) is 15.0. The van der Waals surface area contributed by atoms with Crippen LogP contribution in [0.2, 0.25) is 0 Å². The van der Waals surface area contributed by atoms with E-state index >= 15 is 0 Å². The van der Waals surface area contributed by atoms with Gasteiger partial charge in [-0.3, -0.25) is 0 Å². The van der Waals surface area contributed by atoms with Crippen LogP contribution < -0.4 is 5.32 Å². The molecule has 1 aromatic heterocycles. The molecule has 1 fully saturated rings. The highest BCUT2D eigenvalue weighted by Gasteiger charge is 2.22. The van der Waals surface area contributed by atoms with E-state index < -0.39 is 0 Å². The molecule has 3 heterocycles. The van der Waals surface area contributed by atoms with Gasteiger partial charge in [0.05, 0.1) is 5.82 Å². The third-order valence-corrected chi connectivity index (χ3v) is 4.99. The Morgan fingerprint density at radius 2 is 2.04 bits per heavy atom. The van der Waals surface area contributed by atoms with Gasteiger partial charge in [-0.05, 0) is 50.7 Å². The molecule has 0 unspecified atom stereocenters. The van der Waals surface area contributed by atoms with Gasteiger partial charge < -0.3 is 15.1 Å². The maximum Gasteiger partial charge on any atom is 0.129 e. The van der Waals surface area contributed by atoms with Crippen LogP contribution in [0.5, 0.6) is 0 Å². The summed E-state index contributed by atoms with van der Waals surface area (Å²) in [5.74, 6) is 2.28. The Balaban J connectivity index is 1.45. The van der Waals surface area contributed by atoms with Crippen molar-refractivity contribution in [3.8, 4) is 0 Å². The Bertz CT molecular complexity index is 608. The van der Waals surface area contributed by atoms with Gasteiger partial charge in [-0.2, -0.15) is 0 Å². The summed E-state index contributed by atoms with van der Waals surface area (Å²) < 4.78 is 0. The maximum absolute atomic E-state index is 4.79. The summed E-state index contributed by atoms with van der Waals surface area (Å²) in [5, 5.41) is 3.42. The number of hydrogen-bond acceptors (Lipinski definition) is 4. The van der Waals surface area contributed by atoms with Crippen LogP contribution in [0.4, 0.5) is 5.82 Å². The molecule has 1 saturated heterocycles. The smallest absolute Gasteiger partial charge is 0.129 e. The number of aromatic nitrogens is 1. The van der Waals surface area contributed by atoms with Gasteiger partial charge in [0.25, 0.3) is 0 Å². The van der Waals surface area contributed by atoms with Gasteiger partial charge in [0.1, 0.15) is 5.82 Å². The quantitative estimate of drug-likeness (QED) is 0.778. The average molecular weight is 326 g/mol. The predicted octanol–water partition coefficient (Wildman–Crippen LogP) is 3.43. The summed E-state index contributed by atoms with van der Waals surface area (Å²) in [6, 6.07) is 4.45. The Morgan fingerprint density at radius 1 is 1.25 bits per heavy atom. The van der Waals surface area contributed by atoms with Crippen LogP contribution in [-0.2, 0) is 12.8 Å². The molecule has 1 N–H and O–H groups in total. The summed E-state index contributed by atoms with van der Waals surface area (Å²) in [6.07, 6.45) is 5.58. The molecule has 4 heteroatoms. The zero-order chi connectivity index (χ0) is 16.9. The molecule has 0 saturated carbocycles. The molecule has 24 heavy (non-hydrogen) atoms. The lowest BCUT2D eigenvalue weighted by Crippen LogP contribution is -2.24. The minimum atomic E-state index is 1.03. The first-order valence-electron chi connectivity index (χ1n) is 9.19. The minimum Gasteiger partial charge on any atom is -0.370 e. The third kappa shape index (κ3) is 4.11. The summed E-state index contributed by atoms with van der Waals surface area (Å²) >= 11 is 0. The maximum atomic E-state index is 4.79. The fraction of sp³-hybridized carbons (Fsp3) is 0.550. The molecule has 0 bridgehead atoms. The Hall–Kier alpha value is -1.97. The van der Waals surface area contributed by atoms with Gasteiger partial charge in [-0.15, -0.1) is 6.58 Å². The first-order valence-corrected chi connectivity index (χ1v) is 9.19. The second kappa shape index (κ2) is 7.73. The summed E-state index contributed by atoms with van der Waals surface area (Å²) in [4.78, 5) is 9.58. The standard InChI is InChI=1S/C20H30N4/c1-16(2)10-13-24-15-14-23(17(24)3)12-5-7-19-9-8-18-6-4-11-21-20(18)22-19/h8-9H,1,3-7,10-15H2,2H3,(H,21,22). The van der Waals surface area contributed by atoms with E-state index in [2.05, 4.69) is 47.3 Å². The first-order chi connectivity index (χ1) is 11.6. The van der Waals surface area contributed by atoms with Crippen molar-refractivity contribution < 1.29 is 0 Å². The summed E-state index contributed by atoms with van der Waals surface area (Å²) in [6.45, 7) is 15.7. The van der Waals surface area contributed by atoms with Crippen molar-refractivity contribution >= 4 is 5.82 Å². The molecule has 2 aliphatic rings. The van der Waals surface area contributed by atoms with E-state index in [9.17, 15) is 0 Å². The van der Waals surface area contributed by atoms with Gasteiger partial charge in [-0.25, -0.2) is 4.98 Å². The second-order valence-corrected chi connectivity index (χ2v) is 7.04. The highest BCUT2D eigenvalue weighted by molar-refractivity contribution is 5.46. The van der Waals surface area contributed by atoms with Crippen molar-refractivity contribution in [1.82, 2.24) is 14.8 Å². The fourth-order valence-electron chi connectivity index (χ4n) is 3.47. The van der Waals surface area contributed by atoms with Crippen LogP contribution in [0.3, 0.4) is 0 Å². The lowest BCUT2D eigenvalue weighted by atomic mass is 10.1. The van der Waals surface area contributed by atoms with Gasteiger partial charge >= 0.3 is 0 Å². The number of hydrogen-bond donors (Lipinski definition) is 1. The van der Waals surface area contributed by atoms with E-state index in [0.717, 1.165) is 64.2 Å². The Labute approximate surface area is 146 Å². The molecular formula is C20H30N4. The normalized spacial score (nSPS) is 17.0. The van der Waals surface area contributed by atoms with Gasteiger partial charge in [-0.1, -0.05) is 18.2 Å². The van der Waals surface area contributed by atoms with Crippen molar-refractivity contribution in [2.24, 2.45) is 0 Å². The Morgan fingerprint density at radius 3 is 2.83 bits per heavy atom. The second-order valence-electron chi connectivity index (χ2n) is 7.04. The fourth-order valence-corrected chi connectivity index (χ4v) is 3.47. The van der Waals surface area contributed by atoms with Gasteiger partial charge in [0.2, 0.25) is 0 Å². The lowest BCUT2D eigenvalue weighted by molar-refractivity contribution is 0.336. The summed E-state index contributed by atoms with van der Waals surface area (Å²) in [7, 11) is 0. The first kappa shape index (κ1) is 16.9. The highest BCUT2D eigenvalue weighted by Crippen LogP contribution is 2.21. The largest absolute Gasteiger partial charge is 0.370 e. The molecule has 0 aromatic carbocycles. The van der Waals surface area contributed by atoms with Crippen molar-refractivity contribution in [1.29, 1.82) is 0 Å². The molecule has 130 valence electrons. The monoisotopic (exact) mass is 326 g/mol. The van der Waals surface area contributed by atoms with Crippen molar-refractivity contribution in [3.05, 3.63) is 47.9 Å². The van der Waals surface area contributed by atoms with Crippen molar-refractivity contribution in [3.63, 3.8) is 0 Å². The SMILES string of the molecule is C=C(C)CCN1CCN(CCCc2ccc3c(n2)NCCC3)C1=C. The lowest BCUT2D eigenvalue weighted by Gasteiger charge is -2.24. The number of rotatable bonds is 7. The highest BCUT2D eigenvalue weighted by atomic mass is 15.4. The van der Waals surface area contributed by atoms with E-state index in [-0.39, 0.29) is 0 Å². The van der Waals surface area contributed by atoms with Crippen molar-refractivity contribution in [2.75, 3.05) is 38.0 Å². The van der Waals surface area contributed by atoms with Crippen LogP contribution in [-0.4, -0.2) is 47.5 Å². The summed E-state index contributed by atoms with van der Waals surface area (Å²) in [5.41, 5.74) is 3.81. The van der Waals surface area contributed by atoms with E-state index in [1.165, 1.54) is 29.1 Å². The number of nitrogens with one attached hydrogen (secondary N) is 1. The molecule has 0 aliphatic carbocycles. The van der Waals surface area contributed by atoms with Crippen LogP contribution in [0.25, 0.3) is 0 Å². The molecular weight excluding hydrogens is 296 g/mol. The third-order valence-electron chi connectivity index (χ3n) is 4.99. The van der Waals surface area contributed by atoms with E-state index in [1.54, 1.807) is 0 Å². The minimum absolute atomic E-state index is 1.03. The van der Waals surface area contributed by atoms with Crippen LogP contribution in [0.15, 0.2) is 36.7 Å². The zero-order valence-electron chi connectivity index (χ0n) is 15.0. The average Bonchev–Trinajstić information content (AvgIpc) is 2.93. The predicted molar refractivity (Wildman–Crippen MR) is 101 cm³/mol. The molecule has 0 amide bonds. The van der Waals surface area contributed by atoms with E-state index in [0.29, 0.717) is 0 Å². The van der Waals surface area contributed by atoms with Crippen LogP contribution >= 0.6 is 0 Å². The van der Waals surface area contributed by atoms with Gasteiger partial charge in [0.15, 0.2) is 0 Å². The number of aryl methyl sites for hydroxylation is 2. The van der Waals surface area contributed by atoms with E-state index in [1.807, 2.05) is 0 Å². The molecule has 3 rings (SSSR count). The number of pyridine rings is 1. The number of nitrogens with zero attached hydrogens (tertiary/aromatic N) is 3. The molecule has 0 spiro atoms. The number of anilines is 1. The van der Waals surface area contributed by atoms with Crippen LogP contribution in [0, 0.1) is 0 Å². The number of fused-ring (bicyclic) bond motifs is 1. The molecule has 4 nitrogen and oxygen atoms in total. The van der Waals surface area contributed by atoms with Crippen LogP contribution in [0.1, 0.15) is 37.4 Å².